The van der Waals surface area contributed by atoms with Gasteiger partial charge < -0.3 is 15.7 Å². The van der Waals surface area contributed by atoms with E-state index in [2.05, 4.69) is 31.8 Å². The van der Waals surface area contributed by atoms with Gasteiger partial charge in [-0.2, -0.15) is 5.10 Å². The molecule has 0 saturated carbocycles. The van der Waals surface area contributed by atoms with Gasteiger partial charge >= 0.3 is 0 Å². The number of hydrogen-bond donors (Lipinski definition) is 3. The van der Waals surface area contributed by atoms with Crippen LogP contribution in [0.4, 0.5) is 11.6 Å². The largest absolute Gasteiger partial charge is 0.389 e. The van der Waals surface area contributed by atoms with Gasteiger partial charge in [-0.3, -0.25) is 0 Å². The van der Waals surface area contributed by atoms with Crippen LogP contribution in [0.25, 0.3) is 10.9 Å². The number of benzene rings is 1. The highest BCUT2D eigenvalue weighted by Gasteiger charge is 2.20. The van der Waals surface area contributed by atoms with Crippen molar-refractivity contribution in [3.8, 4) is 0 Å². The Morgan fingerprint density at radius 3 is 2.72 bits per heavy atom. The molecule has 29 heavy (non-hydrogen) atoms. The molecule has 2 aromatic heterocycles. The Morgan fingerprint density at radius 2 is 2.00 bits per heavy atom. The summed E-state index contributed by atoms with van der Waals surface area (Å²) in [4.78, 5) is 9.03. The quantitative estimate of drug-likeness (QED) is 0.559. The number of hydrogen-bond acceptors (Lipinski definition) is 6. The molecule has 4 rings (SSSR count). The van der Waals surface area contributed by atoms with Crippen LogP contribution in [0.3, 0.4) is 0 Å². The molecule has 3 heterocycles. The van der Waals surface area contributed by atoms with Crippen LogP contribution in [0.2, 0.25) is 10.2 Å². The molecular weight excluding hydrogens is 411 g/mol. The molecule has 0 unspecified atom stereocenters. The maximum atomic E-state index is 9.99. The molecule has 1 saturated heterocycles. The number of anilines is 2. The average molecular weight is 435 g/mol. The Hall–Kier alpha value is -1.93. The van der Waals surface area contributed by atoms with Crippen LogP contribution < -0.4 is 10.6 Å². The summed E-state index contributed by atoms with van der Waals surface area (Å²) in [6.07, 6.45) is 5.48. The van der Waals surface area contributed by atoms with E-state index in [0.717, 1.165) is 47.4 Å². The lowest BCUT2D eigenvalue weighted by molar-refractivity contribution is 0.0578. The predicted octanol–water partition coefficient (Wildman–Crippen LogP) is 4.11. The maximum absolute atomic E-state index is 9.99. The number of piperidine rings is 1. The molecule has 0 amide bonds. The van der Waals surface area contributed by atoms with Crippen molar-refractivity contribution in [1.82, 2.24) is 25.1 Å². The Labute approximate surface area is 179 Å². The molecule has 0 radical (unpaired) electrons. The fraction of sp³-hybridized carbons (Fsp3) is 0.450. The molecule has 1 aromatic carbocycles. The van der Waals surface area contributed by atoms with E-state index < -0.39 is 5.60 Å². The number of fused-ring (bicyclic) bond motifs is 1. The van der Waals surface area contributed by atoms with Gasteiger partial charge in [0, 0.05) is 16.6 Å². The van der Waals surface area contributed by atoms with Gasteiger partial charge in [-0.1, -0.05) is 23.2 Å². The molecular formula is C20H24Cl2N6O. The molecule has 0 bridgehead atoms. The fourth-order valence-electron chi connectivity index (χ4n) is 3.62. The molecule has 9 heteroatoms. The zero-order valence-electron chi connectivity index (χ0n) is 16.4. The van der Waals surface area contributed by atoms with Crippen molar-refractivity contribution in [3.63, 3.8) is 0 Å². The lowest BCUT2D eigenvalue weighted by atomic mass is 9.89. The SMILES string of the molecule is CC(C)(O)Cn1ncc(Nc2ncc3cc(Cl)c(C4CCNCC4)cc3n2)c1Cl. The van der Waals surface area contributed by atoms with E-state index in [0.29, 0.717) is 22.7 Å². The molecule has 0 aliphatic carbocycles. The van der Waals surface area contributed by atoms with E-state index in [9.17, 15) is 5.11 Å². The number of aromatic nitrogens is 4. The lowest BCUT2D eigenvalue weighted by Crippen LogP contribution is -2.26. The van der Waals surface area contributed by atoms with E-state index >= 15 is 0 Å². The van der Waals surface area contributed by atoms with E-state index in [4.69, 9.17) is 23.2 Å². The molecule has 7 nitrogen and oxygen atoms in total. The van der Waals surface area contributed by atoms with Crippen LogP contribution >= 0.6 is 23.2 Å². The number of aliphatic hydroxyl groups is 1. The van der Waals surface area contributed by atoms with Crippen LogP contribution in [0.15, 0.2) is 24.5 Å². The summed E-state index contributed by atoms with van der Waals surface area (Å²) in [5, 5.41) is 22.8. The third-order valence-corrected chi connectivity index (χ3v) is 5.76. The van der Waals surface area contributed by atoms with Crippen molar-refractivity contribution in [2.75, 3.05) is 18.4 Å². The summed E-state index contributed by atoms with van der Waals surface area (Å²) in [5.74, 6) is 0.870. The first-order valence-electron chi connectivity index (χ1n) is 9.68. The van der Waals surface area contributed by atoms with Crippen molar-refractivity contribution in [1.29, 1.82) is 0 Å². The molecule has 1 fully saturated rings. The highest BCUT2D eigenvalue weighted by molar-refractivity contribution is 6.32. The number of halogens is 2. The number of nitrogens with zero attached hydrogens (tertiary/aromatic N) is 4. The molecule has 0 spiro atoms. The molecule has 1 aliphatic rings. The van der Waals surface area contributed by atoms with Crippen molar-refractivity contribution in [2.24, 2.45) is 0 Å². The van der Waals surface area contributed by atoms with Crippen molar-refractivity contribution >= 4 is 45.7 Å². The smallest absolute Gasteiger partial charge is 0.227 e. The minimum absolute atomic E-state index is 0.282. The second kappa shape index (κ2) is 8.07. The zero-order valence-corrected chi connectivity index (χ0v) is 17.9. The van der Waals surface area contributed by atoms with Gasteiger partial charge in [-0.25, -0.2) is 14.6 Å². The topological polar surface area (TPSA) is 87.9 Å². The second-order valence-electron chi connectivity index (χ2n) is 8.09. The molecule has 154 valence electrons. The predicted molar refractivity (Wildman–Crippen MR) is 116 cm³/mol. The normalized spacial score (nSPS) is 15.8. The van der Waals surface area contributed by atoms with Gasteiger partial charge in [0.2, 0.25) is 5.95 Å². The van der Waals surface area contributed by atoms with Gasteiger partial charge in [-0.05, 0) is 63.4 Å². The second-order valence-corrected chi connectivity index (χ2v) is 8.86. The first-order chi connectivity index (χ1) is 13.8. The fourth-order valence-corrected chi connectivity index (χ4v) is 4.15. The van der Waals surface area contributed by atoms with Crippen molar-refractivity contribution < 1.29 is 5.11 Å². The summed E-state index contributed by atoms with van der Waals surface area (Å²) < 4.78 is 1.54. The first-order valence-corrected chi connectivity index (χ1v) is 10.4. The lowest BCUT2D eigenvalue weighted by Gasteiger charge is -2.24. The van der Waals surface area contributed by atoms with Crippen molar-refractivity contribution in [3.05, 3.63) is 40.3 Å². The van der Waals surface area contributed by atoms with E-state index in [1.54, 1.807) is 30.9 Å². The van der Waals surface area contributed by atoms with Gasteiger partial charge in [0.15, 0.2) is 5.15 Å². The summed E-state index contributed by atoms with van der Waals surface area (Å²) in [7, 11) is 0. The van der Waals surface area contributed by atoms with Gasteiger partial charge in [-0.15, -0.1) is 0 Å². The van der Waals surface area contributed by atoms with Crippen LogP contribution in [-0.2, 0) is 6.54 Å². The molecule has 3 N–H and O–H groups in total. The first kappa shape index (κ1) is 20.3. The van der Waals surface area contributed by atoms with Gasteiger partial charge in [0.1, 0.15) is 0 Å². The third kappa shape index (κ3) is 4.64. The third-order valence-electron chi connectivity index (χ3n) is 5.04. The summed E-state index contributed by atoms with van der Waals surface area (Å²) >= 11 is 12.9. The van der Waals surface area contributed by atoms with Crippen LogP contribution in [0, 0.1) is 0 Å². The highest BCUT2D eigenvalue weighted by Crippen LogP contribution is 2.34. The Morgan fingerprint density at radius 1 is 1.24 bits per heavy atom. The number of nitrogens with one attached hydrogen (secondary N) is 2. The summed E-state index contributed by atoms with van der Waals surface area (Å²) in [6, 6.07) is 4.01. The number of rotatable bonds is 5. The van der Waals surface area contributed by atoms with E-state index in [1.807, 2.05) is 6.07 Å². The van der Waals surface area contributed by atoms with E-state index in [-0.39, 0.29) is 6.54 Å². The molecule has 3 aromatic rings. The minimum Gasteiger partial charge on any atom is -0.389 e. The van der Waals surface area contributed by atoms with Gasteiger partial charge in [0.25, 0.3) is 0 Å². The van der Waals surface area contributed by atoms with Gasteiger partial charge in [0.05, 0.1) is 29.5 Å². The van der Waals surface area contributed by atoms with Crippen LogP contribution in [-0.4, -0.2) is 43.5 Å². The Kier molecular flexibility index (Phi) is 5.66. The van der Waals surface area contributed by atoms with Crippen molar-refractivity contribution in [2.45, 2.75) is 44.8 Å². The van der Waals surface area contributed by atoms with E-state index in [1.165, 1.54) is 0 Å². The minimum atomic E-state index is -0.920. The Bertz CT molecular complexity index is 1020. The van der Waals surface area contributed by atoms with Crippen LogP contribution in [0.1, 0.15) is 38.2 Å². The molecule has 1 aliphatic heterocycles. The summed E-state index contributed by atoms with van der Waals surface area (Å²) in [5.41, 5.74) is 1.64. The van der Waals surface area contributed by atoms with Crippen LogP contribution in [0.5, 0.6) is 0 Å². The maximum Gasteiger partial charge on any atom is 0.227 e. The average Bonchev–Trinajstić information content (AvgIpc) is 3.00. The summed E-state index contributed by atoms with van der Waals surface area (Å²) in [6.45, 7) is 5.70. The Balaban J connectivity index is 1.61. The monoisotopic (exact) mass is 434 g/mol. The molecule has 0 atom stereocenters. The highest BCUT2D eigenvalue weighted by atomic mass is 35.5. The standard InChI is InChI=1S/C20H24Cl2N6O/c1-20(2,29)11-28-18(22)17(10-25-28)27-19-24-9-13-7-15(21)14(8-16(13)26-19)12-3-5-23-6-4-12/h7-10,12,23,29H,3-6,11H2,1-2H3,(H,24,26,27). The zero-order chi connectivity index (χ0) is 20.6.